The molecule has 0 aliphatic rings. The highest BCUT2D eigenvalue weighted by molar-refractivity contribution is 7.80. The van der Waals surface area contributed by atoms with Crippen LogP contribution in [-0.2, 0) is 14.6 Å². The van der Waals surface area contributed by atoms with Gasteiger partial charge in [0, 0.05) is 0 Å². The average molecular weight is 183 g/mol. The standard InChI is InChI=1S/C5H13NO4S/c1-5(2,3-4-6)10-11(7,8)9/h3-4,6H2,1-2H3,(H,7,8,9). The molecular weight excluding hydrogens is 170 g/mol. The van der Waals surface area contributed by atoms with E-state index in [-0.39, 0.29) is 0 Å². The predicted octanol–water partition coefficient (Wildman–Crippen LogP) is -0.0668. The lowest BCUT2D eigenvalue weighted by atomic mass is 10.1. The van der Waals surface area contributed by atoms with Crippen molar-refractivity contribution in [2.24, 2.45) is 5.73 Å². The smallest absolute Gasteiger partial charge is 0.330 e. The third-order valence-electron chi connectivity index (χ3n) is 1.08. The predicted molar refractivity (Wildman–Crippen MR) is 40.4 cm³/mol. The Labute approximate surface area is 66.5 Å². The molecule has 0 amide bonds. The fraction of sp³-hybridized carbons (Fsp3) is 1.00. The molecule has 68 valence electrons. The molecule has 6 heteroatoms. The van der Waals surface area contributed by atoms with Gasteiger partial charge in [-0.3, -0.25) is 4.55 Å². The van der Waals surface area contributed by atoms with Crippen molar-refractivity contribution in [3.05, 3.63) is 0 Å². The Morgan fingerprint density at radius 3 is 2.27 bits per heavy atom. The van der Waals surface area contributed by atoms with Crippen LogP contribution in [0.5, 0.6) is 0 Å². The Bertz CT molecular complexity index is 209. The minimum Gasteiger partial charge on any atom is -0.330 e. The van der Waals surface area contributed by atoms with Crippen molar-refractivity contribution in [1.82, 2.24) is 0 Å². The maximum atomic E-state index is 10.2. The van der Waals surface area contributed by atoms with Gasteiger partial charge in [0.25, 0.3) is 0 Å². The van der Waals surface area contributed by atoms with Crippen LogP contribution < -0.4 is 5.73 Å². The molecule has 0 saturated heterocycles. The second kappa shape index (κ2) is 3.48. The van der Waals surface area contributed by atoms with Crippen LogP contribution in [0.25, 0.3) is 0 Å². The van der Waals surface area contributed by atoms with E-state index in [1.807, 2.05) is 0 Å². The summed E-state index contributed by atoms with van der Waals surface area (Å²) in [5.74, 6) is 0. The van der Waals surface area contributed by atoms with Crippen LogP contribution >= 0.6 is 0 Å². The molecule has 0 atom stereocenters. The lowest BCUT2D eigenvalue weighted by Crippen LogP contribution is -2.30. The number of hydrogen-bond donors (Lipinski definition) is 2. The van der Waals surface area contributed by atoms with E-state index < -0.39 is 16.0 Å². The van der Waals surface area contributed by atoms with Crippen LogP contribution in [0.2, 0.25) is 0 Å². The first-order valence-corrected chi connectivity index (χ1v) is 4.51. The third kappa shape index (κ3) is 6.24. The summed E-state index contributed by atoms with van der Waals surface area (Å²) >= 11 is 0. The van der Waals surface area contributed by atoms with Gasteiger partial charge in [0.1, 0.15) is 0 Å². The van der Waals surface area contributed by atoms with Gasteiger partial charge in [-0.25, -0.2) is 4.18 Å². The zero-order valence-corrected chi connectivity index (χ0v) is 7.39. The number of rotatable bonds is 4. The van der Waals surface area contributed by atoms with Crippen LogP contribution in [0.15, 0.2) is 0 Å². The van der Waals surface area contributed by atoms with Gasteiger partial charge in [-0.15, -0.1) is 0 Å². The van der Waals surface area contributed by atoms with Crippen LogP contribution in [0.1, 0.15) is 20.3 Å². The van der Waals surface area contributed by atoms with E-state index in [1.165, 1.54) is 13.8 Å². The fourth-order valence-corrected chi connectivity index (χ4v) is 1.33. The van der Waals surface area contributed by atoms with Gasteiger partial charge in [0.2, 0.25) is 0 Å². The highest BCUT2D eigenvalue weighted by Crippen LogP contribution is 2.15. The first-order chi connectivity index (χ1) is 4.77. The molecule has 0 fully saturated rings. The summed E-state index contributed by atoms with van der Waals surface area (Å²) in [6, 6.07) is 0. The van der Waals surface area contributed by atoms with Crippen molar-refractivity contribution in [3.63, 3.8) is 0 Å². The van der Waals surface area contributed by atoms with Crippen LogP contribution in [0, 0.1) is 0 Å². The van der Waals surface area contributed by atoms with E-state index in [9.17, 15) is 8.42 Å². The molecule has 0 heterocycles. The van der Waals surface area contributed by atoms with E-state index in [0.717, 1.165) is 0 Å². The third-order valence-corrected chi connectivity index (χ3v) is 1.74. The van der Waals surface area contributed by atoms with Crippen molar-refractivity contribution in [3.8, 4) is 0 Å². The quantitative estimate of drug-likeness (QED) is 0.595. The SMILES string of the molecule is CC(C)(CCN)OS(=O)(=O)O. The van der Waals surface area contributed by atoms with E-state index in [1.54, 1.807) is 0 Å². The van der Waals surface area contributed by atoms with E-state index in [4.69, 9.17) is 10.3 Å². The first-order valence-electron chi connectivity index (χ1n) is 3.15. The second-order valence-electron chi connectivity index (χ2n) is 2.81. The Balaban J connectivity index is 4.13. The lowest BCUT2D eigenvalue weighted by molar-refractivity contribution is 0.0932. The summed E-state index contributed by atoms with van der Waals surface area (Å²) in [4.78, 5) is 0. The van der Waals surface area contributed by atoms with Crippen molar-refractivity contribution in [2.75, 3.05) is 6.54 Å². The molecule has 0 aromatic rings. The highest BCUT2D eigenvalue weighted by atomic mass is 32.3. The fourth-order valence-electron chi connectivity index (χ4n) is 0.674. The van der Waals surface area contributed by atoms with Crippen molar-refractivity contribution in [2.45, 2.75) is 25.9 Å². The van der Waals surface area contributed by atoms with Gasteiger partial charge in [-0.2, -0.15) is 8.42 Å². The topological polar surface area (TPSA) is 89.6 Å². The molecule has 0 aliphatic carbocycles. The summed E-state index contributed by atoms with van der Waals surface area (Å²) in [7, 11) is -4.36. The summed E-state index contributed by atoms with van der Waals surface area (Å²) < 4.78 is 33.0. The maximum Gasteiger partial charge on any atom is 0.397 e. The minimum atomic E-state index is -4.36. The van der Waals surface area contributed by atoms with E-state index in [0.29, 0.717) is 13.0 Å². The first kappa shape index (κ1) is 10.8. The molecular formula is C5H13NO4S. The maximum absolute atomic E-state index is 10.2. The average Bonchev–Trinajstić information content (AvgIpc) is 1.55. The molecule has 0 saturated carbocycles. The molecule has 3 N–H and O–H groups in total. The molecule has 0 aliphatic heterocycles. The van der Waals surface area contributed by atoms with Gasteiger partial charge in [0.05, 0.1) is 5.60 Å². The molecule has 0 bridgehead atoms. The highest BCUT2D eigenvalue weighted by Gasteiger charge is 2.24. The summed E-state index contributed by atoms with van der Waals surface area (Å²) in [5, 5.41) is 0. The lowest BCUT2D eigenvalue weighted by Gasteiger charge is -2.21. The normalized spacial score (nSPS) is 13.5. The van der Waals surface area contributed by atoms with Crippen molar-refractivity contribution >= 4 is 10.4 Å². The van der Waals surface area contributed by atoms with Gasteiger partial charge in [-0.05, 0) is 26.8 Å². The molecule has 0 aromatic carbocycles. The van der Waals surface area contributed by atoms with Crippen molar-refractivity contribution in [1.29, 1.82) is 0 Å². The minimum absolute atomic E-state index is 0.308. The number of hydrogen-bond acceptors (Lipinski definition) is 4. The van der Waals surface area contributed by atoms with Crippen molar-refractivity contribution < 1.29 is 17.2 Å². The molecule has 11 heavy (non-hydrogen) atoms. The molecule has 5 nitrogen and oxygen atoms in total. The Kier molecular flexibility index (Phi) is 3.43. The monoisotopic (exact) mass is 183 g/mol. The van der Waals surface area contributed by atoms with E-state index in [2.05, 4.69) is 4.18 Å². The van der Waals surface area contributed by atoms with Crippen LogP contribution in [0.3, 0.4) is 0 Å². The summed E-state index contributed by atoms with van der Waals surface area (Å²) in [6.45, 7) is 3.38. The second-order valence-corrected chi connectivity index (χ2v) is 3.83. The molecule has 0 spiro atoms. The van der Waals surface area contributed by atoms with Gasteiger partial charge < -0.3 is 5.73 Å². The Morgan fingerprint density at radius 2 is 2.00 bits per heavy atom. The summed E-state index contributed by atoms with van der Waals surface area (Å²) in [5.41, 5.74) is 4.25. The largest absolute Gasteiger partial charge is 0.397 e. The molecule has 0 aromatic heterocycles. The van der Waals surface area contributed by atoms with E-state index >= 15 is 0 Å². The summed E-state index contributed by atoms with van der Waals surface area (Å²) in [6.07, 6.45) is 0.368. The Hall–Kier alpha value is -0.170. The number of nitrogens with two attached hydrogens (primary N) is 1. The van der Waals surface area contributed by atoms with Gasteiger partial charge in [-0.1, -0.05) is 0 Å². The van der Waals surface area contributed by atoms with Gasteiger partial charge in [0.15, 0.2) is 0 Å². The zero-order valence-electron chi connectivity index (χ0n) is 6.57. The molecule has 0 unspecified atom stereocenters. The van der Waals surface area contributed by atoms with Crippen LogP contribution in [0.4, 0.5) is 0 Å². The molecule has 0 rings (SSSR count). The van der Waals surface area contributed by atoms with Gasteiger partial charge >= 0.3 is 10.4 Å². The van der Waals surface area contributed by atoms with Crippen LogP contribution in [-0.4, -0.2) is 25.1 Å². The zero-order chi connectivity index (χ0) is 9.12. The molecule has 0 radical (unpaired) electrons. The Morgan fingerprint density at radius 1 is 1.55 bits per heavy atom.